The van der Waals surface area contributed by atoms with E-state index in [2.05, 4.69) is 11.4 Å². The van der Waals surface area contributed by atoms with Crippen molar-refractivity contribution >= 4 is 11.8 Å². The molecule has 3 rings (SSSR count). The van der Waals surface area contributed by atoms with Crippen LogP contribution >= 0.6 is 11.8 Å². The first kappa shape index (κ1) is 11.1. The first-order valence-electron chi connectivity index (χ1n) is 6.51. The molecule has 3 aliphatic rings. The molecule has 1 nitrogen and oxygen atoms in total. The molecule has 90 valence electrons. The van der Waals surface area contributed by atoms with Crippen molar-refractivity contribution in [2.24, 2.45) is 11.8 Å². The molecule has 16 heavy (non-hydrogen) atoms. The van der Waals surface area contributed by atoms with Gasteiger partial charge >= 0.3 is 0 Å². The van der Waals surface area contributed by atoms with Crippen LogP contribution in [0.1, 0.15) is 25.7 Å². The Morgan fingerprint density at radius 1 is 1.38 bits per heavy atom. The SMILES string of the molecule is FC1CCCC2C(C3=CCCNC3)CSC12. The quantitative estimate of drug-likeness (QED) is 0.709. The molecule has 1 saturated heterocycles. The van der Waals surface area contributed by atoms with Crippen molar-refractivity contribution in [2.45, 2.75) is 37.1 Å². The molecule has 0 bridgehead atoms. The van der Waals surface area contributed by atoms with Crippen LogP contribution in [-0.4, -0.2) is 30.3 Å². The molecule has 0 aromatic rings. The van der Waals surface area contributed by atoms with Crippen LogP contribution in [0.15, 0.2) is 11.6 Å². The third kappa shape index (κ3) is 1.92. The largest absolute Gasteiger partial charge is 0.313 e. The third-order valence-corrected chi connectivity index (χ3v) is 5.90. The van der Waals surface area contributed by atoms with Gasteiger partial charge in [-0.05, 0) is 37.6 Å². The Morgan fingerprint density at radius 3 is 3.12 bits per heavy atom. The Labute approximate surface area is 101 Å². The van der Waals surface area contributed by atoms with E-state index in [1.54, 1.807) is 5.57 Å². The van der Waals surface area contributed by atoms with E-state index in [0.29, 0.717) is 17.1 Å². The molecule has 4 unspecified atom stereocenters. The van der Waals surface area contributed by atoms with Crippen LogP contribution in [0.4, 0.5) is 4.39 Å². The second kappa shape index (κ2) is 4.69. The fourth-order valence-corrected chi connectivity index (χ4v) is 5.28. The van der Waals surface area contributed by atoms with Crippen molar-refractivity contribution in [1.29, 1.82) is 0 Å². The van der Waals surface area contributed by atoms with E-state index in [9.17, 15) is 4.39 Å². The number of hydrogen-bond acceptors (Lipinski definition) is 2. The highest BCUT2D eigenvalue weighted by Gasteiger charge is 2.44. The lowest BCUT2D eigenvalue weighted by Crippen LogP contribution is -2.35. The minimum absolute atomic E-state index is 0.307. The number of nitrogens with one attached hydrogen (secondary N) is 1. The maximum absolute atomic E-state index is 13.8. The lowest BCUT2D eigenvalue weighted by atomic mass is 9.76. The predicted molar refractivity (Wildman–Crippen MR) is 67.5 cm³/mol. The summed E-state index contributed by atoms with van der Waals surface area (Å²) in [6.07, 6.45) is 6.18. The van der Waals surface area contributed by atoms with Crippen molar-refractivity contribution in [2.75, 3.05) is 18.8 Å². The summed E-state index contributed by atoms with van der Waals surface area (Å²) in [5, 5.41) is 3.75. The zero-order valence-corrected chi connectivity index (χ0v) is 10.4. The molecule has 0 spiro atoms. The maximum Gasteiger partial charge on any atom is 0.112 e. The summed E-state index contributed by atoms with van der Waals surface area (Å²) in [7, 11) is 0. The van der Waals surface area contributed by atoms with Gasteiger partial charge in [0.15, 0.2) is 0 Å². The Hall–Kier alpha value is -0.0200. The highest BCUT2D eigenvalue weighted by Crippen LogP contribution is 2.49. The highest BCUT2D eigenvalue weighted by atomic mass is 32.2. The van der Waals surface area contributed by atoms with Gasteiger partial charge in [0.05, 0.1) is 0 Å². The van der Waals surface area contributed by atoms with Crippen LogP contribution in [0.25, 0.3) is 0 Å². The second-order valence-electron chi connectivity index (χ2n) is 5.26. The monoisotopic (exact) mass is 241 g/mol. The normalized spacial score (nSPS) is 43.9. The molecule has 3 heteroatoms. The fraction of sp³-hybridized carbons (Fsp3) is 0.846. The van der Waals surface area contributed by atoms with Gasteiger partial charge in [0.1, 0.15) is 6.17 Å². The van der Waals surface area contributed by atoms with Gasteiger partial charge in [-0.15, -0.1) is 0 Å². The van der Waals surface area contributed by atoms with Crippen LogP contribution in [-0.2, 0) is 0 Å². The molecule has 4 atom stereocenters. The van der Waals surface area contributed by atoms with E-state index < -0.39 is 6.17 Å². The number of thioether (sulfide) groups is 1. The topological polar surface area (TPSA) is 12.0 Å². The molecule has 2 aliphatic heterocycles. The minimum Gasteiger partial charge on any atom is -0.313 e. The molecule has 1 saturated carbocycles. The van der Waals surface area contributed by atoms with Crippen LogP contribution in [0.3, 0.4) is 0 Å². The van der Waals surface area contributed by atoms with Gasteiger partial charge in [-0.3, -0.25) is 0 Å². The van der Waals surface area contributed by atoms with Gasteiger partial charge in [0.2, 0.25) is 0 Å². The molecule has 2 heterocycles. The lowest BCUT2D eigenvalue weighted by molar-refractivity contribution is 0.192. The third-order valence-electron chi connectivity index (χ3n) is 4.31. The van der Waals surface area contributed by atoms with E-state index in [-0.39, 0.29) is 0 Å². The number of hydrogen-bond donors (Lipinski definition) is 1. The Kier molecular flexibility index (Phi) is 3.25. The van der Waals surface area contributed by atoms with Crippen LogP contribution in [0.5, 0.6) is 0 Å². The van der Waals surface area contributed by atoms with Gasteiger partial charge in [0, 0.05) is 17.5 Å². The van der Waals surface area contributed by atoms with Gasteiger partial charge in [-0.1, -0.05) is 18.1 Å². The smallest absolute Gasteiger partial charge is 0.112 e. The molecule has 0 aromatic carbocycles. The molecule has 0 aromatic heterocycles. The molecule has 0 amide bonds. The average Bonchev–Trinajstić information content (AvgIpc) is 2.75. The summed E-state index contributed by atoms with van der Waals surface area (Å²) < 4.78 is 13.8. The van der Waals surface area contributed by atoms with E-state index in [4.69, 9.17) is 0 Å². The minimum atomic E-state index is -0.536. The fourth-order valence-electron chi connectivity index (χ4n) is 3.47. The molecule has 1 N–H and O–H groups in total. The van der Waals surface area contributed by atoms with Crippen molar-refractivity contribution in [1.82, 2.24) is 5.32 Å². The maximum atomic E-state index is 13.8. The standard InChI is InChI=1S/C13H20FNS/c14-12-5-1-4-10-11(8-16-13(10)12)9-3-2-6-15-7-9/h3,10-13,15H,1-2,4-8H2. The van der Waals surface area contributed by atoms with Crippen molar-refractivity contribution in [3.63, 3.8) is 0 Å². The van der Waals surface area contributed by atoms with Gasteiger partial charge in [0.25, 0.3) is 0 Å². The zero-order valence-electron chi connectivity index (χ0n) is 9.62. The van der Waals surface area contributed by atoms with E-state index >= 15 is 0 Å². The Balaban J connectivity index is 1.75. The van der Waals surface area contributed by atoms with Gasteiger partial charge in [-0.25, -0.2) is 4.39 Å². The van der Waals surface area contributed by atoms with Crippen molar-refractivity contribution in [3.05, 3.63) is 11.6 Å². The van der Waals surface area contributed by atoms with Crippen molar-refractivity contribution in [3.8, 4) is 0 Å². The summed E-state index contributed by atoms with van der Waals surface area (Å²) in [6.45, 7) is 2.16. The average molecular weight is 241 g/mol. The summed E-state index contributed by atoms with van der Waals surface area (Å²) in [5.74, 6) is 2.45. The number of halogens is 1. The van der Waals surface area contributed by atoms with E-state index in [1.165, 1.54) is 6.42 Å². The Morgan fingerprint density at radius 2 is 2.31 bits per heavy atom. The first-order valence-corrected chi connectivity index (χ1v) is 7.56. The van der Waals surface area contributed by atoms with Gasteiger partial charge in [-0.2, -0.15) is 11.8 Å². The molecular weight excluding hydrogens is 221 g/mol. The van der Waals surface area contributed by atoms with Crippen LogP contribution < -0.4 is 5.32 Å². The van der Waals surface area contributed by atoms with E-state index in [0.717, 1.165) is 38.1 Å². The summed E-state index contributed by atoms with van der Waals surface area (Å²) in [5.41, 5.74) is 1.57. The molecule has 1 aliphatic carbocycles. The summed E-state index contributed by atoms with van der Waals surface area (Å²) in [6, 6.07) is 0. The first-order chi connectivity index (χ1) is 7.86. The highest BCUT2D eigenvalue weighted by molar-refractivity contribution is 8.00. The number of fused-ring (bicyclic) bond motifs is 1. The van der Waals surface area contributed by atoms with Gasteiger partial charge < -0.3 is 5.32 Å². The summed E-state index contributed by atoms with van der Waals surface area (Å²) in [4.78, 5) is 0. The summed E-state index contributed by atoms with van der Waals surface area (Å²) >= 11 is 1.89. The number of rotatable bonds is 1. The molecule has 2 fully saturated rings. The zero-order chi connectivity index (χ0) is 11.0. The second-order valence-corrected chi connectivity index (χ2v) is 6.47. The van der Waals surface area contributed by atoms with Crippen LogP contribution in [0.2, 0.25) is 0 Å². The molecular formula is C13H20FNS. The lowest BCUT2D eigenvalue weighted by Gasteiger charge is -2.32. The van der Waals surface area contributed by atoms with E-state index in [1.807, 2.05) is 11.8 Å². The molecule has 0 radical (unpaired) electrons. The number of alkyl halides is 1. The Bertz CT molecular complexity index is 292. The predicted octanol–water partition coefficient (Wildman–Crippen LogP) is 2.78. The van der Waals surface area contributed by atoms with Crippen LogP contribution in [0, 0.1) is 11.8 Å². The van der Waals surface area contributed by atoms with Crippen molar-refractivity contribution < 1.29 is 4.39 Å².